The lowest BCUT2D eigenvalue weighted by molar-refractivity contribution is -0.122. The summed E-state index contributed by atoms with van der Waals surface area (Å²) in [6.07, 6.45) is 5.72. The van der Waals surface area contributed by atoms with Gasteiger partial charge in [0.25, 0.3) is 0 Å². The van der Waals surface area contributed by atoms with Gasteiger partial charge in [-0.1, -0.05) is 19.8 Å². The number of hydrogen-bond acceptors (Lipinski definition) is 3. The summed E-state index contributed by atoms with van der Waals surface area (Å²) in [5.74, 6) is 0.797. The van der Waals surface area contributed by atoms with Crippen molar-refractivity contribution in [2.24, 2.45) is 5.92 Å². The summed E-state index contributed by atoms with van der Waals surface area (Å²) in [5.41, 5.74) is 0. The molecule has 1 heterocycles. The van der Waals surface area contributed by atoms with Crippen LogP contribution in [0.4, 0.5) is 0 Å². The minimum Gasteiger partial charge on any atom is -0.381 e. The molecule has 2 N–H and O–H groups in total. The molecule has 0 spiro atoms. The number of amides is 1. The van der Waals surface area contributed by atoms with Gasteiger partial charge in [0, 0.05) is 19.8 Å². The highest BCUT2D eigenvalue weighted by atomic mass is 16.5. The molecule has 1 aliphatic rings. The smallest absolute Gasteiger partial charge is 0.236 e. The second kappa shape index (κ2) is 9.34. The number of carbonyl (C=O) groups excluding carboxylic acids is 1. The fraction of sp³-hybridized carbons (Fsp3) is 0.929. The Bertz CT molecular complexity index is 228. The zero-order valence-electron chi connectivity index (χ0n) is 11.8. The monoisotopic (exact) mass is 256 g/mol. The van der Waals surface area contributed by atoms with E-state index < -0.39 is 0 Å². The van der Waals surface area contributed by atoms with Crippen LogP contribution in [0.2, 0.25) is 0 Å². The predicted octanol–water partition coefficient (Wildman–Crippen LogP) is 1.70. The fourth-order valence-electron chi connectivity index (χ4n) is 2.15. The number of rotatable bonds is 9. The molecule has 0 radical (unpaired) electrons. The molecule has 4 heteroatoms. The summed E-state index contributed by atoms with van der Waals surface area (Å²) in [7, 11) is 0. The molecule has 0 aromatic rings. The van der Waals surface area contributed by atoms with Crippen molar-refractivity contribution in [1.29, 1.82) is 0 Å². The quantitative estimate of drug-likeness (QED) is 0.617. The molecule has 0 bridgehead atoms. The van der Waals surface area contributed by atoms with Crippen LogP contribution in [0, 0.1) is 5.92 Å². The second-order valence-corrected chi connectivity index (χ2v) is 5.19. The van der Waals surface area contributed by atoms with E-state index in [1.807, 2.05) is 6.92 Å². The highest BCUT2D eigenvalue weighted by molar-refractivity contribution is 5.81. The maximum Gasteiger partial charge on any atom is 0.236 e. The van der Waals surface area contributed by atoms with Crippen LogP contribution in [0.1, 0.15) is 46.0 Å². The van der Waals surface area contributed by atoms with Crippen molar-refractivity contribution in [2.45, 2.75) is 52.0 Å². The van der Waals surface area contributed by atoms with Gasteiger partial charge in [-0.25, -0.2) is 0 Å². The molecule has 4 nitrogen and oxygen atoms in total. The molecule has 106 valence electrons. The molecule has 2 unspecified atom stereocenters. The lowest BCUT2D eigenvalue weighted by Crippen LogP contribution is -2.43. The van der Waals surface area contributed by atoms with Crippen molar-refractivity contribution in [3.05, 3.63) is 0 Å². The van der Waals surface area contributed by atoms with Gasteiger partial charge in [0.05, 0.1) is 6.04 Å². The van der Waals surface area contributed by atoms with Crippen LogP contribution in [-0.2, 0) is 9.53 Å². The standard InChI is InChI=1S/C14H28N2O2/c1-3-4-5-8-16-14(17)12(2)15-9-6-13-7-10-18-11-13/h12-13,15H,3-11H2,1-2H3,(H,16,17). The average molecular weight is 256 g/mol. The van der Waals surface area contributed by atoms with Crippen LogP contribution < -0.4 is 10.6 Å². The van der Waals surface area contributed by atoms with E-state index in [9.17, 15) is 4.79 Å². The molecule has 0 aromatic heterocycles. The van der Waals surface area contributed by atoms with E-state index in [4.69, 9.17) is 4.74 Å². The molecule has 1 aliphatic heterocycles. The first-order chi connectivity index (χ1) is 8.74. The van der Waals surface area contributed by atoms with Crippen LogP contribution in [0.3, 0.4) is 0 Å². The second-order valence-electron chi connectivity index (χ2n) is 5.19. The molecular weight excluding hydrogens is 228 g/mol. The van der Waals surface area contributed by atoms with Gasteiger partial charge in [-0.3, -0.25) is 4.79 Å². The minimum absolute atomic E-state index is 0.0889. The van der Waals surface area contributed by atoms with E-state index in [0.29, 0.717) is 5.92 Å². The van der Waals surface area contributed by atoms with Crippen LogP contribution in [0.25, 0.3) is 0 Å². The normalized spacial score (nSPS) is 20.9. The molecule has 1 rings (SSSR count). The van der Waals surface area contributed by atoms with Crippen molar-refractivity contribution >= 4 is 5.91 Å². The van der Waals surface area contributed by atoms with Gasteiger partial charge in [-0.15, -0.1) is 0 Å². The van der Waals surface area contributed by atoms with E-state index in [-0.39, 0.29) is 11.9 Å². The van der Waals surface area contributed by atoms with Gasteiger partial charge >= 0.3 is 0 Å². The summed E-state index contributed by atoms with van der Waals surface area (Å²) in [6, 6.07) is -0.0889. The Labute approximate surface area is 111 Å². The van der Waals surface area contributed by atoms with E-state index in [0.717, 1.165) is 39.1 Å². The van der Waals surface area contributed by atoms with Gasteiger partial charge in [0.2, 0.25) is 5.91 Å². The third-order valence-corrected chi connectivity index (χ3v) is 3.50. The SMILES string of the molecule is CCCCCNC(=O)C(C)NCCC1CCOC1. The lowest BCUT2D eigenvalue weighted by atomic mass is 10.1. The van der Waals surface area contributed by atoms with E-state index in [1.165, 1.54) is 19.3 Å². The first-order valence-electron chi connectivity index (χ1n) is 7.33. The Hall–Kier alpha value is -0.610. The molecule has 18 heavy (non-hydrogen) atoms. The Kier molecular flexibility index (Phi) is 8.01. The summed E-state index contributed by atoms with van der Waals surface area (Å²) in [5, 5.41) is 6.25. The van der Waals surface area contributed by atoms with E-state index in [2.05, 4.69) is 17.6 Å². The molecule has 1 amide bonds. The molecule has 2 atom stereocenters. The maximum atomic E-state index is 11.7. The van der Waals surface area contributed by atoms with Crippen LogP contribution in [0.15, 0.2) is 0 Å². The molecule has 1 saturated heterocycles. The first-order valence-corrected chi connectivity index (χ1v) is 7.33. The third-order valence-electron chi connectivity index (χ3n) is 3.50. The number of ether oxygens (including phenoxy) is 1. The Morgan fingerprint density at radius 1 is 1.39 bits per heavy atom. The summed E-state index contributed by atoms with van der Waals surface area (Å²) >= 11 is 0. The number of carbonyl (C=O) groups is 1. The summed E-state index contributed by atoms with van der Waals surface area (Å²) in [4.78, 5) is 11.7. The average Bonchev–Trinajstić information content (AvgIpc) is 2.87. The number of nitrogens with one attached hydrogen (secondary N) is 2. The largest absolute Gasteiger partial charge is 0.381 e. The maximum absolute atomic E-state index is 11.7. The zero-order valence-corrected chi connectivity index (χ0v) is 11.8. The van der Waals surface area contributed by atoms with Gasteiger partial charge in [0.15, 0.2) is 0 Å². The van der Waals surface area contributed by atoms with Gasteiger partial charge in [0.1, 0.15) is 0 Å². The predicted molar refractivity (Wildman–Crippen MR) is 73.5 cm³/mol. The van der Waals surface area contributed by atoms with Crippen LogP contribution in [0.5, 0.6) is 0 Å². The summed E-state index contributed by atoms with van der Waals surface area (Å²) < 4.78 is 5.33. The number of hydrogen-bond donors (Lipinski definition) is 2. The third kappa shape index (κ3) is 6.36. The minimum atomic E-state index is -0.0889. The van der Waals surface area contributed by atoms with Gasteiger partial charge in [-0.05, 0) is 38.6 Å². The molecular formula is C14H28N2O2. The van der Waals surface area contributed by atoms with Crippen molar-refractivity contribution in [1.82, 2.24) is 10.6 Å². The topological polar surface area (TPSA) is 50.4 Å². The Morgan fingerprint density at radius 2 is 2.22 bits per heavy atom. The lowest BCUT2D eigenvalue weighted by Gasteiger charge is -2.15. The van der Waals surface area contributed by atoms with Crippen LogP contribution >= 0.6 is 0 Å². The molecule has 0 aromatic carbocycles. The van der Waals surface area contributed by atoms with Gasteiger partial charge in [-0.2, -0.15) is 0 Å². The molecule has 0 saturated carbocycles. The van der Waals surface area contributed by atoms with Crippen molar-refractivity contribution < 1.29 is 9.53 Å². The van der Waals surface area contributed by atoms with Gasteiger partial charge < -0.3 is 15.4 Å². The van der Waals surface area contributed by atoms with Crippen LogP contribution in [-0.4, -0.2) is 38.3 Å². The zero-order chi connectivity index (χ0) is 13.2. The first kappa shape index (κ1) is 15.4. The van der Waals surface area contributed by atoms with E-state index >= 15 is 0 Å². The van der Waals surface area contributed by atoms with E-state index in [1.54, 1.807) is 0 Å². The Morgan fingerprint density at radius 3 is 2.89 bits per heavy atom. The highest BCUT2D eigenvalue weighted by Crippen LogP contribution is 2.15. The molecule has 0 aliphatic carbocycles. The van der Waals surface area contributed by atoms with Crippen molar-refractivity contribution in [3.63, 3.8) is 0 Å². The molecule has 1 fully saturated rings. The van der Waals surface area contributed by atoms with Crippen molar-refractivity contribution in [2.75, 3.05) is 26.3 Å². The number of unbranched alkanes of at least 4 members (excludes halogenated alkanes) is 2. The summed E-state index contributed by atoms with van der Waals surface area (Å²) in [6.45, 7) is 7.59. The Balaban J connectivity index is 2.00. The van der Waals surface area contributed by atoms with Crippen molar-refractivity contribution in [3.8, 4) is 0 Å². The highest BCUT2D eigenvalue weighted by Gasteiger charge is 2.16. The fourth-order valence-corrected chi connectivity index (χ4v) is 2.15.